The summed E-state index contributed by atoms with van der Waals surface area (Å²) in [4.78, 5) is 23.3. The first-order valence-electron chi connectivity index (χ1n) is 7.96. The van der Waals surface area contributed by atoms with Gasteiger partial charge in [-0.2, -0.15) is 5.10 Å². The minimum atomic E-state index is -0.817. The predicted molar refractivity (Wildman–Crippen MR) is 100 cm³/mol. The SMILES string of the molecule is CC[C@@H](C)NC(=O)C(=O)N/N=C\c1cc(Br)c(OC(C)C)c(OC)c1. The molecule has 0 radical (unpaired) electrons. The molecule has 1 atom stereocenters. The van der Waals surface area contributed by atoms with E-state index in [1.165, 1.54) is 13.3 Å². The topological polar surface area (TPSA) is 89.0 Å². The van der Waals surface area contributed by atoms with Crippen LogP contribution in [-0.2, 0) is 9.59 Å². The van der Waals surface area contributed by atoms with Crippen LogP contribution in [-0.4, -0.2) is 37.3 Å². The average Bonchev–Trinajstić information content (AvgIpc) is 2.56. The lowest BCUT2D eigenvalue weighted by Crippen LogP contribution is -2.41. The van der Waals surface area contributed by atoms with Gasteiger partial charge < -0.3 is 14.8 Å². The van der Waals surface area contributed by atoms with Crippen molar-refractivity contribution < 1.29 is 19.1 Å². The van der Waals surface area contributed by atoms with E-state index in [0.717, 1.165) is 6.42 Å². The minimum Gasteiger partial charge on any atom is -0.493 e. The van der Waals surface area contributed by atoms with E-state index in [0.29, 0.717) is 21.5 Å². The number of rotatable bonds is 7. The Kier molecular flexibility index (Phi) is 8.40. The Morgan fingerprint density at radius 2 is 1.96 bits per heavy atom. The molecule has 0 aliphatic heterocycles. The monoisotopic (exact) mass is 413 g/mol. The van der Waals surface area contributed by atoms with Crippen LogP contribution in [0.3, 0.4) is 0 Å². The maximum absolute atomic E-state index is 11.7. The van der Waals surface area contributed by atoms with Crippen molar-refractivity contribution in [1.29, 1.82) is 0 Å². The molecule has 0 saturated heterocycles. The van der Waals surface area contributed by atoms with Crippen molar-refractivity contribution in [3.05, 3.63) is 22.2 Å². The van der Waals surface area contributed by atoms with E-state index in [1.807, 2.05) is 27.7 Å². The van der Waals surface area contributed by atoms with E-state index < -0.39 is 11.8 Å². The molecular formula is C17H24BrN3O4. The summed E-state index contributed by atoms with van der Waals surface area (Å²) in [7, 11) is 1.54. The fourth-order valence-corrected chi connectivity index (χ4v) is 2.33. The summed E-state index contributed by atoms with van der Waals surface area (Å²) in [5.74, 6) is -0.412. The lowest BCUT2D eigenvalue weighted by molar-refractivity contribution is -0.139. The molecule has 0 fully saturated rings. The lowest BCUT2D eigenvalue weighted by Gasteiger charge is -2.15. The van der Waals surface area contributed by atoms with Crippen molar-refractivity contribution in [1.82, 2.24) is 10.7 Å². The summed E-state index contributed by atoms with van der Waals surface area (Å²) in [5.41, 5.74) is 2.86. The Hall–Kier alpha value is -2.09. The van der Waals surface area contributed by atoms with Crippen LogP contribution in [0.2, 0.25) is 0 Å². The van der Waals surface area contributed by atoms with Gasteiger partial charge in [0.15, 0.2) is 11.5 Å². The number of nitrogens with one attached hydrogen (secondary N) is 2. The highest BCUT2D eigenvalue weighted by Crippen LogP contribution is 2.36. The first-order chi connectivity index (χ1) is 11.8. The number of carbonyl (C=O) groups excluding carboxylic acids is 2. The number of ether oxygens (including phenoxy) is 2. The summed E-state index contributed by atoms with van der Waals surface area (Å²) < 4.78 is 11.7. The molecule has 8 heteroatoms. The molecule has 138 valence electrons. The van der Waals surface area contributed by atoms with Crippen LogP contribution in [0, 0.1) is 0 Å². The first-order valence-corrected chi connectivity index (χ1v) is 8.75. The van der Waals surface area contributed by atoms with Gasteiger partial charge in [-0.05, 0) is 60.8 Å². The summed E-state index contributed by atoms with van der Waals surface area (Å²) >= 11 is 3.43. The number of nitrogens with zero attached hydrogens (tertiary/aromatic N) is 1. The zero-order chi connectivity index (χ0) is 19.0. The quantitative estimate of drug-likeness (QED) is 0.408. The van der Waals surface area contributed by atoms with Crippen LogP contribution in [0.5, 0.6) is 11.5 Å². The third kappa shape index (κ3) is 6.74. The normalized spacial score (nSPS) is 12.1. The molecule has 2 N–H and O–H groups in total. The van der Waals surface area contributed by atoms with Gasteiger partial charge in [-0.3, -0.25) is 9.59 Å². The number of hydrogen-bond acceptors (Lipinski definition) is 5. The third-order valence-corrected chi connectivity index (χ3v) is 3.77. The van der Waals surface area contributed by atoms with Gasteiger partial charge in [0.1, 0.15) is 0 Å². The summed E-state index contributed by atoms with van der Waals surface area (Å²) in [6.07, 6.45) is 2.15. The number of hydrazone groups is 1. The molecule has 0 saturated carbocycles. The van der Waals surface area contributed by atoms with Crippen molar-refractivity contribution in [3.8, 4) is 11.5 Å². The van der Waals surface area contributed by atoms with Gasteiger partial charge in [-0.15, -0.1) is 0 Å². The van der Waals surface area contributed by atoms with Crippen molar-refractivity contribution in [2.75, 3.05) is 7.11 Å². The summed E-state index contributed by atoms with van der Waals surface area (Å²) in [5, 5.41) is 6.36. The zero-order valence-electron chi connectivity index (χ0n) is 15.1. The number of benzene rings is 1. The van der Waals surface area contributed by atoms with Crippen molar-refractivity contribution >= 4 is 34.0 Å². The Labute approximate surface area is 156 Å². The smallest absolute Gasteiger partial charge is 0.329 e. The van der Waals surface area contributed by atoms with Gasteiger partial charge in [0.2, 0.25) is 0 Å². The highest BCUT2D eigenvalue weighted by molar-refractivity contribution is 9.10. The number of carbonyl (C=O) groups is 2. The Bertz CT molecular complexity index is 647. The highest BCUT2D eigenvalue weighted by Gasteiger charge is 2.15. The van der Waals surface area contributed by atoms with E-state index in [4.69, 9.17) is 9.47 Å². The van der Waals surface area contributed by atoms with Crippen LogP contribution in [0.25, 0.3) is 0 Å². The molecule has 0 aliphatic rings. The average molecular weight is 414 g/mol. The van der Waals surface area contributed by atoms with Crippen molar-refractivity contribution in [2.24, 2.45) is 5.10 Å². The van der Waals surface area contributed by atoms with Crippen LogP contribution in [0.1, 0.15) is 39.7 Å². The van der Waals surface area contributed by atoms with Crippen molar-refractivity contribution in [3.63, 3.8) is 0 Å². The van der Waals surface area contributed by atoms with E-state index >= 15 is 0 Å². The predicted octanol–water partition coefficient (Wildman–Crippen LogP) is 2.61. The standard InChI is InChI=1S/C17H24BrN3O4/c1-6-11(4)20-16(22)17(23)21-19-9-12-7-13(18)15(25-10(2)3)14(8-12)24-5/h7-11H,6H2,1-5H3,(H,20,22)(H,21,23)/b19-9-/t11-/m1/s1. The molecule has 0 aromatic heterocycles. The number of amides is 2. The molecule has 7 nitrogen and oxygen atoms in total. The maximum atomic E-state index is 11.7. The first kappa shape index (κ1) is 21.0. The van der Waals surface area contributed by atoms with Gasteiger partial charge >= 0.3 is 11.8 Å². The van der Waals surface area contributed by atoms with Gasteiger partial charge in [0, 0.05) is 6.04 Å². The summed E-state index contributed by atoms with van der Waals surface area (Å²) in [6.45, 7) is 7.57. The van der Waals surface area contributed by atoms with Gasteiger partial charge in [0.25, 0.3) is 0 Å². The second-order valence-electron chi connectivity index (χ2n) is 5.68. The van der Waals surface area contributed by atoms with Crippen LogP contribution in [0.4, 0.5) is 0 Å². The third-order valence-electron chi connectivity index (χ3n) is 3.18. The molecule has 1 rings (SSSR count). The second kappa shape index (κ2) is 10.0. The minimum absolute atomic E-state index is 0.00645. The molecule has 0 bridgehead atoms. The number of hydrogen-bond donors (Lipinski definition) is 2. The van der Waals surface area contributed by atoms with Crippen molar-refractivity contribution in [2.45, 2.75) is 46.3 Å². The summed E-state index contributed by atoms with van der Waals surface area (Å²) in [6, 6.07) is 3.42. The molecule has 1 aromatic carbocycles. The van der Waals surface area contributed by atoms with E-state index in [2.05, 4.69) is 31.8 Å². The van der Waals surface area contributed by atoms with Gasteiger partial charge in [-0.1, -0.05) is 6.92 Å². The molecule has 0 heterocycles. The molecule has 0 unspecified atom stereocenters. The van der Waals surface area contributed by atoms with Gasteiger partial charge in [-0.25, -0.2) is 5.43 Å². The van der Waals surface area contributed by atoms with Crippen LogP contribution < -0.4 is 20.2 Å². The molecule has 25 heavy (non-hydrogen) atoms. The fourth-order valence-electron chi connectivity index (χ4n) is 1.77. The molecule has 0 aliphatic carbocycles. The van der Waals surface area contributed by atoms with Crippen LogP contribution >= 0.6 is 15.9 Å². The Morgan fingerprint density at radius 1 is 1.28 bits per heavy atom. The van der Waals surface area contributed by atoms with Crippen LogP contribution in [0.15, 0.2) is 21.7 Å². The molecule has 2 amide bonds. The largest absolute Gasteiger partial charge is 0.493 e. The number of halogens is 1. The fraction of sp³-hybridized carbons (Fsp3) is 0.471. The Balaban J connectivity index is 2.79. The maximum Gasteiger partial charge on any atom is 0.329 e. The van der Waals surface area contributed by atoms with E-state index in [-0.39, 0.29) is 12.1 Å². The van der Waals surface area contributed by atoms with E-state index in [1.54, 1.807) is 12.1 Å². The Morgan fingerprint density at radius 3 is 2.52 bits per heavy atom. The lowest BCUT2D eigenvalue weighted by atomic mass is 10.2. The highest BCUT2D eigenvalue weighted by atomic mass is 79.9. The van der Waals surface area contributed by atoms with Gasteiger partial charge in [0.05, 0.1) is 23.9 Å². The number of methoxy groups -OCH3 is 1. The second-order valence-corrected chi connectivity index (χ2v) is 6.54. The molecular weight excluding hydrogens is 390 g/mol. The zero-order valence-corrected chi connectivity index (χ0v) is 16.6. The molecule has 1 aromatic rings. The van der Waals surface area contributed by atoms with E-state index in [9.17, 15) is 9.59 Å². The molecule has 0 spiro atoms.